The Hall–Kier alpha value is -1.42. The maximum atomic E-state index is 5.51. The number of oxazole rings is 1. The largest absolute Gasteiger partial charge is 0.439 e. The van der Waals surface area contributed by atoms with E-state index in [1.165, 1.54) is 0 Å². The van der Waals surface area contributed by atoms with Gasteiger partial charge in [0.15, 0.2) is 17.1 Å². The van der Waals surface area contributed by atoms with Crippen molar-refractivity contribution in [3.05, 3.63) is 23.7 Å². The van der Waals surface area contributed by atoms with Gasteiger partial charge in [-0.05, 0) is 12.1 Å². The van der Waals surface area contributed by atoms with Crippen molar-refractivity contribution in [2.45, 2.75) is 26.3 Å². The minimum atomic E-state index is 0.283. The number of rotatable bonds is 2. The van der Waals surface area contributed by atoms with Crippen LogP contribution in [0, 0.1) is 0 Å². The average molecular weight is 191 g/mol. The molecule has 2 aromatic heterocycles. The smallest absolute Gasteiger partial charge is 0.199 e. The third-order valence-corrected chi connectivity index (χ3v) is 2.03. The monoisotopic (exact) mass is 191 g/mol. The van der Waals surface area contributed by atoms with Crippen LogP contribution < -0.4 is 5.73 Å². The summed E-state index contributed by atoms with van der Waals surface area (Å²) in [4.78, 5) is 8.55. The third kappa shape index (κ3) is 1.48. The first-order valence-corrected chi connectivity index (χ1v) is 4.67. The van der Waals surface area contributed by atoms with E-state index in [9.17, 15) is 0 Å². The molecule has 2 heterocycles. The van der Waals surface area contributed by atoms with Crippen LogP contribution in [0.25, 0.3) is 11.2 Å². The predicted octanol–water partition coefficient (Wildman–Crippen LogP) is 1.80. The third-order valence-electron chi connectivity index (χ3n) is 2.03. The van der Waals surface area contributed by atoms with E-state index in [4.69, 9.17) is 10.2 Å². The van der Waals surface area contributed by atoms with E-state index in [-0.39, 0.29) is 5.92 Å². The number of pyridine rings is 1. The number of aromatic nitrogens is 2. The van der Waals surface area contributed by atoms with Crippen LogP contribution in [0.2, 0.25) is 0 Å². The average Bonchev–Trinajstić information content (AvgIpc) is 2.59. The molecule has 0 aliphatic rings. The summed E-state index contributed by atoms with van der Waals surface area (Å²) >= 11 is 0. The van der Waals surface area contributed by atoms with Crippen LogP contribution in [0.3, 0.4) is 0 Å². The molecule has 0 spiro atoms. The highest BCUT2D eigenvalue weighted by Gasteiger charge is 2.09. The normalized spacial score (nSPS) is 11.4. The Morgan fingerprint density at radius 2 is 2.14 bits per heavy atom. The lowest BCUT2D eigenvalue weighted by Crippen LogP contribution is -1.98. The van der Waals surface area contributed by atoms with Crippen molar-refractivity contribution in [1.82, 2.24) is 9.97 Å². The van der Waals surface area contributed by atoms with E-state index in [0.29, 0.717) is 12.2 Å². The minimum absolute atomic E-state index is 0.283. The van der Waals surface area contributed by atoms with Crippen molar-refractivity contribution in [1.29, 1.82) is 0 Å². The second-order valence-corrected chi connectivity index (χ2v) is 3.54. The van der Waals surface area contributed by atoms with E-state index < -0.39 is 0 Å². The summed E-state index contributed by atoms with van der Waals surface area (Å²) in [5.74, 6) is 1.01. The fraction of sp³-hybridized carbons (Fsp3) is 0.400. The van der Waals surface area contributed by atoms with Gasteiger partial charge in [0.25, 0.3) is 0 Å². The Kier molecular flexibility index (Phi) is 2.21. The molecule has 0 saturated heterocycles. The van der Waals surface area contributed by atoms with Gasteiger partial charge in [-0.25, -0.2) is 4.98 Å². The number of hydrogen-bond donors (Lipinski definition) is 1. The van der Waals surface area contributed by atoms with Gasteiger partial charge in [0.05, 0.1) is 5.69 Å². The SMILES string of the molecule is CC(C)c1nc2nc(CN)ccc2o1. The lowest BCUT2D eigenvalue weighted by atomic mass is 10.2. The summed E-state index contributed by atoms with van der Waals surface area (Å²) in [5.41, 5.74) is 7.70. The molecule has 0 bridgehead atoms. The van der Waals surface area contributed by atoms with Crippen molar-refractivity contribution < 1.29 is 4.42 Å². The molecule has 0 radical (unpaired) electrons. The highest BCUT2D eigenvalue weighted by Crippen LogP contribution is 2.19. The standard InChI is InChI=1S/C10H13N3O/c1-6(2)10-13-9-8(14-10)4-3-7(5-11)12-9/h3-4,6H,5,11H2,1-2H3. The fourth-order valence-electron chi connectivity index (χ4n) is 1.24. The predicted molar refractivity (Wildman–Crippen MR) is 53.8 cm³/mol. The first kappa shape index (κ1) is 9.15. The molecule has 4 nitrogen and oxygen atoms in total. The Balaban J connectivity index is 2.54. The first-order chi connectivity index (χ1) is 6.70. The fourth-order valence-corrected chi connectivity index (χ4v) is 1.24. The topological polar surface area (TPSA) is 64.9 Å². The number of nitrogens with two attached hydrogens (primary N) is 1. The van der Waals surface area contributed by atoms with Crippen molar-refractivity contribution in [3.63, 3.8) is 0 Å². The molecule has 2 N–H and O–H groups in total. The lowest BCUT2D eigenvalue weighted by Gasteiger charge is -1.93. The van der Waals surface area contributed by atoms with Crippen LogP contribution in [0.1, 0.15) is 31.4 Å². The van der Waals surface area contributed by atoms with Gasteiger partial charge in [-0.3, -0.25) is 0 Å². The Labute approximate surface area is 82.1 Å². The van der Waals surface area contributed by atoms with E-state index in [2.05, 4.69) is 9.97 Å². The van der Waals surface area contributed by atoms with Gasteiger partial charge in [0, 0.05) is 12.5 Å². The summed E-state index contributed by atoms with van der Waals surface area (Å²) in [6, 6.07) is 3.72. The molecular formula is C10H13N3O. The number of nitrogens with zero attached hydrogens (tertiary/aromatic N) is 2. The summed E-state index contributed by atoms with van der Waals surface area (Å²) in [5, 5.41) is 0. The molecule has 0 aliphatic heterocycles. The van der Waals surface area contributed by atoms with Crippen molar-refractivity contribution in [3.8, 4) is 0 Å². The zero-order chi connectivity index (χ0) is 10.1. The zero-order valence-electron chi connectivity index (χ0n) is 8.32. The molecule has 0 aromatic carbocycles. The van der Waals surface area contributed by atoms with Crippen LogP contribution in [0.15, 0.2) is 16.5 Å². The van der Waals surface area contributed by atoms with Gasteiger partial charge in [0.1, 0.15) is 0 Å². The molecule has 0 amide bonds. The van der Waals surface area contributed by atoms with Gasteiger partial charge in [0.2, 0.25) is 0 Å². The minimum Gasteiger partial charge on any atom is -0.439 e. The van der Waals surface area contributed by atoms with Crippen LogP contribution in [-0.2, 0) is 6.54 Å². The molecule has 0 saturated carbocycles. The maximum absolute atomic E-state index is 5.51. The summed E-state index contributed by atoms with van der Waals surface area (Å²) in [6.07, 6.45) is 0. The summed E-state index contributed by atoms with van der Waals surface area (Å²) in [7, 11) is 0. The molecule has 0 unspecified atom stereocenters. The molecular weight excluding hydrogens is 178 g/mol. The lowest BCUT2D eigenvalue weighted by molar-refractivity contribution is 0.501. The molecule has 74 valence electrons. The van der Waals surface area contributed by atoms with Gasteiger partial charge in [-0.2, -0.15) is 4.98 Å². The highest BCUT2D eigenvalue weighted by molar-refractivity contribution is 5.67. The van der Waals surface area contributed by atoms with E-state index in [1.807, 2.05) is 26.0 Å². The van der Waals surface area contributed by atoms with Crippen molar-refractivity contribution in [2.24, 2.45) is 5.73 Å². The van der Waals surface area contributed by atoms with Gasteiger partial charge < -0.3 is 10.2 Å². The van der Waals surface area contributed by atoms with Crippen LogP contribution in [0.4, 0.5) is 0 Å². The maximum Gasteiger partial charge on any atom is 0.199 e. The van der Waals surface area contributed by atoms with Gasteiger partial charge in [-0.1, -0.05) is 13.8 Å². The Bertz CT molecular complexity index is 448. The molecule has 0 atom stereocenters. The van der Waals surface area contributed by atoms with Crippen molar-refractivity contribution in [2.75, 3.05) is 0 Å². The summed E-state index contributed by atoms with van der Waals surface area (Å²) in [6.45, 7) is 4.50. The van der Waals surface area contributed by atoms with E-state index in [1.54, 1.807) is 0 Å². The zero-order valence-corrected chi connectivity index (χ0v) is 8.32. The summed E-state index contributed by atoms with van der Waals surface area (Å²) < 4.78 is 5.51. The molecule has 0 fully saturated rings. The second kappa shape index (κ2) is 3.38. The van der Waals surface area contributed by atoms with Gasteiger partial charge >= 0.3 is 0 Å². The highest BCUT2D eigenvalue weighted by atomic mass is 16.3. The molecule has 2 aromatic rings. The van der Waals surface area contributed by atoms with E-state index >= 15 is 0 Å². The number of fused-ring (bicyclic) bond motifs is 1. The molecule has 14 heavy (non-hydrogen) atoms. The Morgan fingerprint density at radius 1 is 1.36 bits per heavy atom. The quantitative estimate of drug-likeness (QED) is 0.786. The Morgan fingerprint density at radius 3 is 2.79 bits per heavy atom. The molecule has 4 heteroatoms. The number of hydrogen-bond acceptors (Lipinski definition) is 4. The van der Waals surface area contributed by atoms with E-state index in [0.717, 1.165) is 17.2 Å². The van der Waals surface area contributed by atoms with Crippen LogP contribution in [-0.4, -0.2) is 9.97 Å². The second-order valence-electron chi connectivity index (χ2n) is 3.54. The van der Waals surface area contributed by atoms with Crippen LogP contribution >= 0.6 is 0 Å². The first-order valence-electron chi connectivity index (χ1n) is 4.67. The molecule has 0 aliphatic carbocycles. The van der Waals surface area contributed by atoms with Crippen molar-refractivity contribution >= 4 is 11.2 Å². The van der Waals surface area contributed by atoms with Gasteiger partial charge in [-0.15, -0.1) is 0 Å². The van der Waals surface area contributed by atoms with Crippen LogP contribution in [0.5, 0.6) is 0 Å². The molecule has 2 rings (SSSR count).